The highest BCUT2D eigenvalue weighted by molar-refractivity contribution is 7.91. The summed E-state index contributed by atoms with van der Waals surface area (Å²) in [5, 5.41) is 0. The second kappa shape index (κ2) is 6.00. The topological polar surface area (TPSA) is 75.6 Å². The summed E-state index contributed by atoms with van der Waals surface area (Å²) >= 11 is 0. The molecule has 2 fully saturated rings. The molecule has 0 saturated carbocycles. The van der Waals surface area contributed by atoms with E-state index in [0.29, 0.717) is 25.6 Å². The average molecular weight is 326 g/mol. The molecule has 1 atom stereocenters. The van der Waals surface area contributed by atoms with Crippen LogP contribution in [-0.4, -0.2) is 69.3 Å². The van der Waals surface area contributed by atoms with Crippen LogP contribution in [0.25, 0.3) is 0 Å². The van der Waals surface area contributed by atoms with E-state index in [9.17, 15) is 8.42 Å². The van der Waals surface area contributed by atoms with Crippen molar-refractivity contribution in [1.82, 2.24) is 9.97 Å². The van der Waals surface area contributed by atoms with Crippen molar-refractivity contribution in [1.29, 1.82) is 0 Å². The van der Waals surface area contributed by atoms with Crippen LogP contribution in [-0.2, 0) is 14.6 Å². The minimum Gasteiger partial charge on any atom is -0.378 e. The second-order valence-corrected chi connectivity index (χ2v) is 8.16. The van der Waals surface area contributed by atoms with Crippen molar-refractivity contribution in [3.63, 3.8) is 0 Å². The molecule has 0 amide bonds. The molecule has 7 nitrogen and oxygen atoms in total. The molecule has 1 aromatic heterocycles. The summed E-state index contributed by atoms with van der Waals surface area (Å²) in [4.78, 5) is 13.2. The summed E-state index contributed by atoms with van der Waals surface area (Å²) in [5.74, 6) is 1.93. The summed E-state index contributed by atoms with van der Waals surface area (Å²) in [5.41, 5.74) is 0.888. The van der Waals surface area contributed by atoms with E-state index in [1.807, 2.05) is 24.9 Å². The van der Waals surface area contributed by atoms with Gasteiger partial charge in [0.25, 0.3) is 0 Å². The van der Waals surface area contributed by atoms with Crippen LogP contribution in [0.2, 0.25) is 0 Å². The predicted octanol–water partition coefficient (Wildman–Crippen LogP) is 0.245. The van der Waals surface area contributed by atoms with Gasteiger partial charge in [-0.25, -0.2) is 13.4 Å². The van der Waals surface area contributed by atoms with Crippen LogP contribution < -0.4 is 9.80 Å². The molecule has 0 aliphatic carbocycles. The normalized spacial score (nSPS) is 24.5. The number of hydrogen-bond acceptors (Lipinski definition) is 7. The fourth-order valence-electron chi connectivity index (χ4n) is 2.89. The molecule has 3 rings (SSSR count). The number of hydrogen-bond donors (Lipinski definition) is 0. The monoisotopic (exact) mass is 326 g/mol. The fourth-order valence-corrected chi connectivity index (χ4v) is 4.67. The molecule has 122 valence electrons. The lowest BCUT2D eigenvalue weighted by molar-refractivity contribution is 0.122. The minimum absolute atomic E-state index is 0.0376. The van der Waals surface area contributed by atoms with E-state index in [4.69, 9.17) is 4.74 Å². The molecule has 22 heavy (non-hydrogen) atoms. The van der Waals surface area contributed by atoms with E-state index in [1.54, 1.807) is 0 Å². The average Bonchev–Trinajstić information content (AvgIpc) is 2.87. The van der Waals surface area contributed by atoms with E-state index in [1.165, 1.54) is 0 Å². The zero-order valence-electron chi connectivity index (χ0n) is 13.0. The maximum atomic E-state index is 11.7. The number of ether oxygens (including phenoxy) is 1. The number of nitrogens with zero attached hydrogens (tertiary/aromatic N) is 4. The summed E-state index contributed by atoms with van der Waals surface area (Å²) in [6, 6.07) is 1.93. The van der Waals surface area contributed by atoms with Crippen LogP contribution in [0.1, 0.15) is 12.1 Å². The minimum atomic E-state index is -2.91. The van der Waals surface area contributed by atoms with E-state index in [2.05, 4.69) is 14.9 Å². The largest absolute Gasteiger partial charge is 0.378 e. The van der Waals surface area contributed by atoms with Crippen molar-refractivity contribution in [2.75, 3.05) is 54.7 Å². The molecule has 1 unspecified atom stereocenters. The fraction of sp³-hybridized carbons (Fsp3) is 0.714. The van der Waals surface area contributed by atoms with Gasteiger partial charge in [0.05, 0.1) is 24.7 Å². The third kappa shape index (κ3) is 3.33. The number of aryl methyl sites for hydroxylation is 1. The highest BCUT2D eigenvalue weighted by Crippen LogP contribution is 2.23. The zero-order valence-corrected chi connectivity index (χ0v) is 13.8. The Kier molecular flexibility index (Phi) is 4.22. The first-order valence-electron chi connectivity index (χ1n) is 7.56. The van der Waals surface area contributed by atoms with Gasteiger partial charge >= 0.3 is 0 Å². The third-order valence-corrected chi connectivity index (χ3v) is 5.99. The van der Waals surface area contributed by atoms with Gasteiger partial charge in [0.15, 0.2) is 9.84 Å². The zero-order chi connectivity index (χ0) is 15.7. The number of sulfone groups is 1. The van der Waals surface area contributed by atoms with Gasteiger partial charge in [0.2, 0.25) is 5.95 Å². The van der Waals surface area contributed by atoms with E-state index in [0.717, 1.165) is 24.6 Å². The molecule has 0 radical (unpaired) electrons. The second-order valence-electron chi connectivity index (χ2n) is 5.93. The molecule has 1 aromatic rings. The maximum Gasteiger partial charge on any atom is 0.227 e. The molecule has 0 spiro atoms. The standard InChI is InChI=1S/C14H22N4O3S/c1-11-9-13(18-4-6-21-7-5-18)16-14(15-11)17(2)12-3-8-22(19,20)10-12/h9,12H,3-8,10H2,1-2H3. The lowest BCUT2D eigenvalue weighted by Gasteiger charge is -2.30. The molecule has 2 aliphatic rings. The Morgan fingerprint density at radius 2 is 2.05 bits per heavy atom. The Hall–Kier alpha value is -1.41. The summed E-state index contributed by atoms with van der Waals surface area (Å²) in [6.07, 6.45) is 0.642. The molecular formula is C14H22N4O3S. The molecule has 0 aromatic carbocycles. The smallest absolute Gasteiger partial charge is 0.227 e. The number of anilines is 2. The van der Waals surface area contributed by atoms with E-state index < -0.39 is 9.84 Å². The Morgan fingerprint density at radius 3 is 2.68 bits per heavy atom. The van der Waals surface area contributed by atoms with E-state index >= 15 is 0 Å². The first-order chi connectivity index (χ1) is 10.4. The Morgan fingerprint density at radius 1 is 1.32 bits per heavy atom. The number of aromatic nitrogens is 2. The van der Waals surface area contributed by atoms with Crippen LogP contribution in [0.5, 0.6) is 0 Å². The van der Waals surface area contributed by atoms with Crippen LogP contribution in [0.15, 0.2) is 6.07 Å². The lowest BCUT2D eigenvalue weighted by atomic mass is 10.2. The molecule has 2 aliphatic heterocycles. The highest BCUT2D eigenvalue weighted by atomic mass is 32.2. The maximum absolute atomic E-state index is 11.7. The van der Waals surface area contributed by atoms with Crippen molar-refractivity contribution in [3.8, 4) is 0 Å². The first-order valence-corrected chi connectivity index (χ1v) is 9.38. The Labute approximate surface area is 131 Å². The Bertz CT molecular complexity index is 643. The van der Waals surface area contributed by atoms with Crippen molar-refractivity contribution in [3.05, 3.63) is 11.8 Å². The molecule has 8 heteroatoms. The molecule has 0 N–H and O–H groups in total. The predicted molar refractivity (Wildman–Crippen MR) is 85.3 cm³/mol. The van der Waals surface area contributed by atoms with Crippen LogP contribution >= 0.6 is 0 Å². The third-order valence-electron chi connectivity index (χ3n) is 4.24. The SMILES string of the molecule is Cc1cc(N2CCOCC2)nc(N(C)C2CCS(=O)(=O)C2)n1. The summed E-state index contributed by atoms with van der Waals surface area (Å²) in [7, 11) is -1.04. The highest BCUT2D eigenvalue weighted by Gasteiger charge is 2.32. The van der Waals surface area contributed by atoms with Crippen LogP contribution in [0.4, 0.5) is 11.8 Å². The van der Waals surface area contributed by atoms with Gasteiger partial charge in [0.1, 0.15) is 5.82 Å². The Balaban J connectivity index is 1.82. The van der Waals surface area contributed by atoms with Crippen molar-refractivity contribution in [2.45, 2.75) is 19.4 Å². The van der Waals surface area contributed by atoms with Gasteiger partial charge in [-0.15, -0.1) is 0 Å². The molecule has 0 bridgehead atoms. The van der Waals surface area contributed by atoms with Gasteiger partial charge in [-0.3, -0.25) is 0 Å². The molecular weight excluding hydrogens is 304 g/mol. The molecule has 3 heterocycles. The van der Waals surface area contributed by atoms with Crippen LogP contribution in [0, 0.1) is 6.92 Å². The number of rotatable bonds is 3. The summed E-state index contributed by atoms with van der Waals surface area (Å²) < 4.78 is 28.7. The lowest BCUT2D eigenvalue weighted by Crippen LogP contribution is -2.38. The number of morpholine rings is 1. The van der Waals surface area contributed by atoms with E-state index in [-0.39, 0.29) is 17.5 Å². The van der Waals surface area contributed by atoms with Gasteiger partial charge in [0, 0.05) is 37.9 Å². The van der Waals surface area contributed by atoms with Gasteiger partial charge in [-0.1, -0.05) is 0 Å². The van der Waals surface area contributed by atoms with Gasteiger partial charge in [-0.05, 0) is 13.3 Å². The van der Waals surface area contributed by atoms with Gasteiger partial charge < -0.3 is 14.5 Å². The molecule has 2 saturated heterocycles. The van der Waals surface area contributed by atoms with Crippen molar-refractivity contribution < 1.29 is 13.2 Å². The summed E-state index contributed by atoms with van der Waals surface area (Å²) in [6.45, 7) is 4.98. The first kappa shape index (κ1) is 15.5. The van der Waals surface area contributed by atoms with Crippen molar-refractivity contribution >= 4 is 21.6 Å². The van der Waals surface area contributed by atoms with Crippen molar-refractivity contribution in [2.24, 2.45) is 0 Å². The quantitative estimate of drug-likeness (QED) is 0.788. The van der Waals surface area contributed by atoms with Gasteiger partial charge in [-0.2, -0.15) is 4.98 Å². The van der Waals surface area contributed by atoms with Crippen LogP contribution in [0.3, 0.4) is 0 Å².